The highest BCUT2D eigenvalue weighted by Gasteiger charge is 2.40. The van der Waals surface area contributed by atoms with Gasteiger partial charge >= 0.3 is 5.97 Å². The van der Waals surface area contributed by atoms with Gasteiger partial charge in [-0.15, -0.1) is 0 Å². The second kappa shape index (κ2) is 6.74. The van der Waals surface area contributed by atoms with Gasteiger partial charge in [0.15, 0.2) is 0 Å². The van der Waals surface area contributed by atoms with E-state index in [1.165, 1.54) is 12.0 Å². The number of aromatic nitrogens is 1. The summed E-state index contributed by atoms with van der Waals surface area (Å²) in [6.45, 7) is 3.96. The van der Waals surface area contributed by atoms with Crippen molar-refractivity contribution >= 4 is 11.9 Å². The fourth-order valence-electron chi connectivity index (χ4n) is 2.41. The van der Waals surface area contributed by atoms with Crippen LogP contribution in [0.15, 0.2) is 18.2 Å². The van der Waals surface area contributed by atoms with Crippen molar-refractivity contribution in [2.75, 3.05) is 13.7 Å². The third-order valence-corrected chi connectivity index (χ3v) is 3.44. The van der Waals surface area contributed by atoms with Crippen LogP contribution in [0.3, 0.4) is 0 Å². The lowest BCUT2D eigenvalue weighted by atomic mass is 10.2. The van der Waals surface area contributed by atoms with Crippen molar-refractivity contribution in [3.63, 3.8) is 0 Å². The number of hydrogen-bond donors (Lipinski definition) is 1. The van der Waals surface area contributed by atoms with E-state index in [1.54, 1.807) is 18.2 Å². The minimum atomic E-state index is -1.04. The molecule has 0 radical (unpaired) electrons. The number of carbonyl (C=O) groups is 2. The average molecular weight is 308 g/mol. The van der Waals surface area contributed by atoms with Gasteiger partial charge in [-0.05, 0) is 19.9 Å². The number of carboxylic acids is 1. The molecule has 7 heteroatoms. The van der Waals surface area contributed by atoms with Crippen molar-refractivity contribution in [3.05, 3.63) is 23.9 Å². The quantitative estimate of drug-likeness (QED) is 0.878. The molecule has 1 N–H and O–H groups in total. The van der Waals surface area contributed by atoms with E-state index in [0.29, 0.717) is 5.88 Å². The second-order valence-electron chi connectivity index (χ2n) is 5.43. The molecule has 0 bridgehead atoms. The maximum atomic E-state index is 12.6. The van der Waals surface area contributed by atoms with Gasteiger partial charge in [0.05, 0.1) is 12.2 Å². The molecular formula is C15H20N2O5. The van der Waals surface area contributed by atoms with Gasteiger partial charge in [0.1, 0.15) is 11.7 Å². The van der Waals surface area contributed by atoms with Gasteiger partial charge in [0.2, 0.25) is 5.88 Å². The first-order valence-electron chi connectivity index (χ1n) is 7.12. The third-order valence-electron chi connectivity index (χ3n) is 3.44. The molecule has 2 rings (SSSR count). The first-order chi connectivity index (χ1) is 10.4. The topological polar surface area (TPSA) is 89.0 Å². The molecule has 1 saturated heterocycles. The van der Waals surface area contributed by atoms with Crippen LogP contribution in [0.4, 0.5) is 0 Å². The monoisotopic (exact) mass is 308 g/mol. The first kappa shape index (κ1) is 16.2. The summed E-state index contributed by atoms with van der Waals surface area (Å²) < 4.78 is 10.6. The largest absolute Gasteiger partial charge is 0.480 e. The van der Waals surface area contributed by atoms with Crippen LogP contribution in [0.1, 0.15) is 30.8 Å². The molecule has 1 aromatic rings. The lowest BCUT2D eigenvalue weighted by molar-refractivity contribution is -0.141. The summed E-state index contributed by atoms with van der Waals surface area (Å²) in [6, 6.07) is 3.98. The number of carboxylic acid groups (broad SMARTS) is 1. The summed E-state index contributed by atoms with van der Waals surface area (Å²) in [5.41, 5.74) is 0.168. The van der Waals surface area contributed by atoms with Gasteiger partial charge in [0, 0.05) is 26.1 Å². The molecule has 0 aromatic carbocycles. The number of nitrogens with zero attached hydrogens (tertiary/aromatic N) is 2. The van der Waals surface area contributed by atoms with Gasteiger partial charge in [-0.1, -0.05) is 6.07 Å². The van der Waals surface area contributed by atoms with E-state index < -0.39 is 17.9 Å². The SMILES string of the molecule is COC1CC(C(=O)O)N(C(=O)c2cccc(OC(C)C)n2)C1. The van der Waals surface area contributed by atoms with E-state index in [9.17, 15) is 14.7 Å². The van der Waals surface area contributed by atoms with Crippen LogP contribution in [0.5, 0.6) is 5.88 Å². The summed E-state index contributed by atoms with van der Waals surface area (Å²) in [5.74, 6) is -1.13. The molecule has 1 aliphatic heterocycles. The maximum Gasteiger partial charge on any atom is 0.326 e. The molecule has 7 nitrogen and oxygen atoms in total. The van der Waals surface area contributed by atoms with E-state index in [-0.39, 0.29) is 30.9 Å². The van der Waals surface area contributed by atoms with E-state index >= 15 is 0 Å². The number of carbonyl (C=O) groups excluding carboxylic acids is 1. The Hall–Kier alpha value is -2.15. The number of rotatable bonds is 5. The Kier molecular flexibility index (Phi) is 4.97. The lowest BCUT2D eigenvalue weighted by Crippen LogP contribution is -2.41. The van der Waals surface area contributed by atoms with Gasteiger partial charge in [-0.3, -0.25) is 4.79 Å². The van der Waals surface area contributed by atoms with Gasteiger partial charge in [0.25, 0.3) is 5.91 Å². The van der Waals surface area contributed by atoms with Crippen LogP contribution in [-0.4, -0.2) is 58.8 Å². The Bertz CT molecular complexity index is 561. The number of ether oxygens (including phenoxy) is 2. The van der Waals surface area contributed by atoms with Crippen molar-refractivity contribution < 1.29 is 24.2 Å². The summed E-state index contributed by atoms with van der Waals surface area (Å²) in [5, 5.41) is 9.27. The van der Waals surface area contributed by atoms with Crippen molar-refractivity contribution in [2.24, 2.45) is 0 Å². The predicted molar refractivity (Wildman–Crippen MR) is 77.9 cm³/mol. The Balaban J connectivity index is 2.21. The number of hydrogen-bond acceptors (Lipinski definition) is 5. The molecule has 0 aliphatic carbocycles. The fraction of sp³-hybridized carbons (Fsp3) is 0.533. The van der Waals surface area contributed by atoms with Gasteiger partial charge < -0.3 is 19.5 Å². The summed E-state index contributed by atoms with van der Waals surface area (Å²) in [6.07, 6.45) is -0.0610. The number of likely N-dealkylation sites (tertiary alicyclic amines) is 1. The molecule has 1 aliphatic rings. The minimum absolute atomic E-state index is 0.0609. The molecule has 0 saturated carbocycles. The molecular weight excluding hydrogens is 288 g/mol. The van der Waals surface area contributed by atoms with Crippen molar-refractivity contribution in [2.45, 2.75) is 38.5 Å². The minimum Gasteiger partial charge on any atom is -0.480 e. The smallest absolute Gasteiger partial charge is 0.326 e. The third kappa shape index (κ3) is 3.54. The molecule has 2 atom stereocenters. The molecule has 22 heavy (non-hydrogen) atoms. The molecule has 0 spiro atoms. The molecule has 2 unspecified atom stereocenters. The average Bonchev–Trinajstić information content (AvgIpc) is 2.90. The number of amides is 1. The highest BCUT2D eigenvalue weighted by molar-refractivity contribution is 5.95. The Morgan fingerprint density at radius 3 is 2.73 bits per heavy atom. The second-order valence-corrected chi connectivity index (χ2v) is 5.43. The van der Waals surface area contributed by atoms with E-state index in [4.69, 9.17) is 9.47 Å². The van der Waals surface area contributed by atoms with Crippen LogP contribution in [0.2, 0.25) is 0 Å². The van der Waals surface area contributed by atoms with Crippen molar-refractivity contribution in [3.8, 4) is 5.88 Å². The van der Waals surface area contributed by atoms with Crippen LogP contribution >= 0.6 is 0 Å². The van der Waals surface area contributed by atoms with Crippen LogP contribution in [-0.2, 0) is 9.53 Å². The number of aliphatic carboxylic acids is 1. The summed E-state index contributed by atoms with van der Waals surface area (Å²) in [7, 11) is 1.51. The van der Waals surface area contributed by atoms with E-state index in [0.717, 1.165) is 0 Å². The fourth-order valence-corrected chi connectivity index (χ4v) is 2.41. The molecule has 120 valence electrons. The summed E-state index contributed by atoms with van der Waals surface area (Å²) in [4.78, 5) is 29.3. The molecule has 2 heterocycles. The van der Waals surface area contributed by atoms with Gasteiger partial charge in [-0.2, -0.15) is 0 Å². The zero-order chi connectivity index (χ0) is 16.3. The Morgan fingerprint density at radius 2 is 2.14 bits per heavy atom. The predicted octanol–water partition coefficient (Wildman–Crippen LogP) is 1.18. The van der Waals surface area contributed by atoms with Crippen molar-refractivity contribution in [1.29, 1.82) is 0 Å². The lowest BCUT2D eigenvalue weighted by Gasteiger charge is -2.21. The van der Waals surface area contributed by atoms with E-state index in [1.807, 2.05) is 13.8 Å². The van der Waals surface area contributed by atoms with Crippen LogP contribution < -0.4 is 4.74 Å². The van der Waals surface area contributed by atoms with Crippen LogP contribution in [0.25, 0.3) is 0 Å². The summed E-state index contributed by atoms with van der Waals surface area (Å²) >= 11 is 0. The molecule has 1 fully saturated rings. The number of pyridine rings is 1. The molecule has 1 amide bonds. The standard InChI is InChI=1S/C15H20N2O5/c1-9(2)22-13-6-4-5-11(16-13)14(18)17-8-10(21-3)7-12(17)15(19)20/h4-6,9-10,12H,7-8H2,1-3H3,(H,19,20). The Morgan fingerprint density at radius 1 is 1.41 bits per heavy atom. The normalized spacial score (nSPS) is 21.2. The highest BCUT2D eigenvalue weighted by atomic mass is 16.5. The first-order valence-corrected chi connectivity index (χ1v) is 7.12. The van der Waals surface area contributed by atoms with Crippen molar-refractivity contribution in [1.82, 2.24) is 9.88 Å². The molecule has 1 aromatic heterocycles. The zero-order valence-electron chi connectivity index (χ0n) is 12.9. The highest BCUT2D eigenvalue weighted by Crippen LogP contribution is 2.23. The maximum absolute atomic E-state index is 12.6. The zero-order valence-corrected chi connectivity index (χ0v) is 12.9. The van der Waals surface area contributed by atoms with Gasteiger partial charge in [-0.25, -0.2) is 9.78 Å². The van der Waals surface area contributed by atoms with Crippen LogP contribution in [0, 0.1) is 0 Å². The Labute approximate surface area is 128 Å². The van der Waals surface area contributed by atoms with E-state index in [2.05, 4.69) is 4.98 Å². The number of methoxy groups -OCH3 is 1.